The smallest absolute Gasteiger partial charge is 0.326 e. The van der Waals surface area contributed by atoms with Gasteiger partial charge in [-0.15, -0.1) is 0 Å². The standard InChI is InChI=1S/C17H31N3O6/c1-5-10(4)14(18)16(24)20-12(8-9(2)3)15(23)19-11(17(25)26)6-7-13(21)22/h9-12,14H,5-8,18H2,1-4H3,(H,19,23)(H,20,24)(H,21,22)(H,25,26)/t10-,11-,12-,14-/m0/s1. The number of amides is 2. The summed E-state index contributed by atoms with van der Waals surface area (Å²) < 4.78 is 0. The minimum atomic E-state index is -1.34. The second kappa shape index (κ2) is 11.5. The molecule has 0 unspecified atom stereocenters. The summed E-state index contributed by atoms with van der Waals surface area (Å²) in [6, 6.07) is -3.05. The third-order valence-corrected chi connectivity index (χ3v) is 4.16. The number of carbonyl (C=O) groups is 4. The van der Waals surface area contributed by atoms with Crippen molar-refractivity contribution in [1.82, 2.24) is 10.6 Å². The van der Waals surface area contributed by atoms with Crippen LogP contribution in [0.1, 0.15) is 53.4 Å². The number of carbonyl (C=O) groups excluding carboxylic acids is 2. The predicted molar refractivity (Wildman–Crippen MR) is 95.3 cm³/mol. The average molecular weight is 373 g/mol. The summed E-state index contributed by atoms with van der Waals surface area (Å²) in [6.45, 7) is 7.45. The number of hydrogen-bond donors (Lipinski definition) is 5. The number of aliphatic carboxylic acids is 2. The molecule has 9 heteroatoms. The highest BCUT2D eigenvalue weighted by atomic mass is 16.4. The van der Waals surface area contributed by atoms with Gasteiger partial charge in [-0.2, -0.15) is 0 Å². The normalized spacial score (nSPS) is 15.6. The van der Waals surface area contributed by atoms with E-state index in [9.17, 15) is 19.2 Å². The van der Waals surface area contributed by atoms with Crippen LogP contribution < -0.4 is 16.4 Å². The van der Waals surface area contributed by atoms with Crippen molar-refractivity contribution in [3.63, 3.8) is 0 Å². The SMILES string of the molecule is CC[C@H](C)[C@H](N)C(=O)N[C@@H](CC(C)C)C(=O)N[C@@H](CCC(=O)O)C(=O)O. The van der Waals surface area contributed by atoms with Gasteiger partial charge in [-0.3, -0.25) is 14.4 Å². The fraction of sp³-hybridized carbons (Fsp3) is 0.765. The van der Waals surface area contributed by atoms with Crippen molar-refractivity contribution in [2.24, 2.45) is 17.6 Å². The zero-order valence-electron chi connectivity index (χ0n) is 15.8. The van der Waals surface area contributed by atoms with Crippen LogP contribution in [0.4, 0.5) is 0 Å². The summed E-state index contributed by atoms with van der Waals surface area (Å²) in [5.74, 6) is -3.63. The zero-order chi connectivity index (χ0) is 20.4. The molecule has 0 bridgehead atoms. The Hall–Kier alpha value is -2.16. The van der Waals surface area contributed by atoms with Crippen molar-refractivity contribution in [3.05, 3.63) is 0 Å². The fourth-order valence-electron chi connectivity index (χ4n) is 2.28. The highest BCUT2D eigenvalue weighted by Gasteiger charge is 2.29. The molecule has 0 aliphatic carbocycles. The van der Waals surface area contributed by atoms with E-state index in [-0.39, 0.29) is 18.3 Å². The van der Waals surface area contributed by atoms with E-state index in [1.54, 1.807) is 0 Å². The van der Waals surface area contributed by atoms with Crippen LogP contribution in [0.15, 0.2) is 0 Å². The molecule has 0 aliphatic rings. The number of nitrogens with two attached hydrogens (primary N) is 1. The first kappa shape index (κ1) is 23.8. The summed E-state index contributed by atoms with van der Waals surface area (Å²) in [5, 5.41) is 22.7. The van der Waals surface area contributed by atoms with E-state index in [2.05, 4.69) is 10.6 Å². The molecule has 0 saturated carbocycles. The van der Waals surface area contributed by atoms with Crippen LogP contribution in [0.3, 0.4) is 0 Å². The van der Waals surface area contributed by atoms with E-state index in [1.807, 2.05) is 27.7 Å². The van der Waals surface area contributed by atoms with Crippen LogP contribution >= 0.6 is 0 Å². The molecule has 0 aromatic carbocycles. The quantitative estimate of drug-likeness (QED) is 0.329. The van der Waals surface area contributed by atoms with Crippen LogP contribution in [-0.2, 0) is 19.2 Å². The minimum absolute atomic E-state index is 0.0631. The van der Waals surface area contributed by atoms with Gasteiger partial charge in [0, 0.05) is 6.42 Å². The topological polar surface area (TPSA) is 159 Å². The molecule has 0 aromatic heterocycles. The maximum atomic E-state index is 12.5. The van der Waals surface area contributed by atoms with Gasteiger partial charge in [-0.1, -0.05) is 34.1 Å². The van der Waals surface area contributed by atoms with Crippen molar-refractivity contribution in [2.45, 2.75) is 71.5 Å². The second-order valence-corrected chi connectivity index (χ2v) is 6.93. The molecular weight excluding hydrogens is 342 g/mol. The molecule has 0 heterocycles. The minimum Gasteiger partial charge on any atom is -0.481 e. The van der Waals surface area contributed by atoms with Crippen LogP contribution in [0.5, 0.6) is 0 Å². The Morgan fingerprint density at radius 1 is 0.962 bits per heavy atom. The first-order chi connectivity index (χ1) is 12.0. The van der Waals surface area contributed by atoms with E-state index < -0.39 is 48.3 Å². The molecule has 26 heavy (non-hydrogen) atoms. The van der Waals surface area contributed by atoms with Crippen LogP contribution in [0.25, 0.3) is 0 Å². The van der Waals surface area contributed by atoms with Gasteiger partial charge in [0.25, 0.3) is 0 Å². The average Bonchev–Trinajstić information content (AvgIpc) is 2.55. The molecule has 150 valence electrons. The van der Waals surface area contributed by atoms with Gasteiger partial charge in [-0.25, -0.2) is 4.79 Å². The summed E-state index contributed by atoms with van der Waals surface area (Å²) in [7, 11) is 0. The third kappa shape index (κ3) is 8.80. The number of nitrogens with one attached hydrogen (secondary N) is 2. The first-order valence-corrected chi connectivity index (χ1v) is 8.80. The van der Waals surface area contributed by atoms with E-state index >= 15 is 0 Å². The Bertz CT molecular complexity index is 509. The molecule has 6 N–H and O–H groups in total. The van der Waals surface area contributed by atoms with Crippen LogP contribution in [-0.4, -0.2) is 52.1 Å². The van der Waals surface area contributed by atoms with Crippen molar-refractivity contribution < 1.29 is 29.4 Å². The highest BCUT2D eigenvalue weighted by molar-refractivity contribution is 5.91. The Morgan fingerprint density at radius 3 is 1.92 bits per heavy atom. The van der Waals surface area contributed by atoms with Crippen molar-refractivity contribution in [1.29, 1.82) is 0 Å². The maximum absolute atomic E-state index is 12.5. The van der Waals surface area contributed by atoms with Gasteiger partial charge >= 0.3 is 11.9 Å². The molecule has 4 atom stereocenters. The van der Waals surface area contributed by atoms with Gasteiger partial charge in [0.15, 0.2) is 0 Å². The van der Waals surface area contributed by atoms with Gasteiger partial charge < -0.3 is 26.6 Å². The lowest BCUT2D eigenvalue weighted by Gasteiger charge is -2.25. The molecule has 0 aromatic rings. The number of carboxylic acid groups (broad SMARTS) is 2. The molecule has 0 fully saturated rings. The molecule has 0 aliphatic heterocycles. The summed E-state index contributed by atoms with van der Waals surface area (Å²) in [6.07, 6.45) is 0.366. The third-order valence-electron chi connectivity index (χ3n) is 4.16. The molecule has 9 nitrogen and oxygen atoms in total. The van der Waals surface area contributed by atoms with Gasteiger partial charge in [0.05, 0.1) is 6.04 Å². The zero-order valence-corrected chi connectivity index (χ0v) is 15.8. The van der Waals surface area contributed by atoms with Gasteiger partial charge in [0.2, 0.25) is 11.8 Å². The summed E-state index contributed by atoms with van der Waals surface area (Å²) >= 11 is 0. The van der Waals surface area contributed by atoms with Crippen LogP contribution in [0.2, 0.25) is 0 Å². The lowest BCUT2D eigenvalue weighted by atomic mass is 9.97. The molecular formula is C17H31N3O6. The number of rotatable bonds is 12. The predicted octanol–water partition coefficient (Wildman–Crippen LogP) is 0.325. The number of carboxylic acids is 2. The van der Waals surface area contributed by atoms with E-state index in [0.717, 1.165) is 0 Å². The van der Waals surface area contributed by atoms with Crippen molar-refractivity contribution >= 4 is 23.8 Å². The summed E-state index contributed by atoms with van der Waals surface area (Å²) in [4.78, 5) is 46.6. The second-order valence-electron chi connectivity index (χ2n) is 6.93. The molecule has 0 rings (SSSR count). The molecule has 2 amide bonds. The van der Waals surface area contributed by atoms with E-state index in [4.69, 9.17) is 15.9 Å². The first-order valence-electron chi connectivity index (χ1n) is 8.80. The Kier molecular flexibility index (Phi) is 10.5. The highest BCUT2D eigenvalue weighted by Crippen LogP contribution is 2.10. The van der Waals surface area contributed by atoms with E-state index in [1.165, 1.54) is 0 Å². The molecule has 0 saturated heterocycles. The number of hydrogen-bond acceptors (Lipinski definition) is 5. The fourth-order valence-corrected chi connectivity index (χ4v) is 2.28. The Balaban J connectivity index is 5.08. The monoisotopic (exact) mass is 373 g/mol. The van der Waals surface area contributed by atoms with E-state index in [0.29, 0.717) is 12.8 Å². The maximum Gasteiger partial charge on any atom is 0.326 e. The van der Waals surface area contributed by atoms with Gasteiger partial charge in [-0.05, 0) is 24.7 Å². The molecule has 0 spiro atoms. The summed E-state index contributed by atoms with van der Waals surface area (Å²) in [5.41, 5.74) is 5.88. The lowest BCUT2D eigenvalue weighted by molar-refractivity contribution is -0.143. The molecule has 0 radical (unpaired) electrons. The van der Waals surface area contributed by atoms with Gasteiger partial charge in [0.1, 0.15) is 12.1 Å². The largest absolute Gasteiger partial charge is 0.481 e. The Morgan fingerprint density at radius 2 is 1.50 bits per heavy atom. The van der Waals surface area contributed by atoms with Crippen molar-refractivity contribution in [2.75, 3.05) is 0 Å². The lowest BCUT2D eigenvalue weighted by Crippen LogP contribution is -2.55. The van der Waals surface area contributed by atoms with Crippen LogP contribution in [0, 0.1) is 11.8 Å². The van der Waals surface area contributed by atoms with Crippen molar-refractivity contribution in [3.8, 4) is 0 Å². The Labute approximate surface area is 153 Å².